The number of halogens is 2. The summed E-state index contributed by atoms with van der Waals surface area (Å²) < 4.78 is 0. The lowest BCUT2D eigenvalue weighted by Gasteiger charge is -2.25. The number of aryl methyl sites for hydroxylation is 1. The van der Waals surface area contributed by atoms with E-state index in [0.29, 0.717) is 38.4 Å². The number of hydrogen-bond donors (Lipinski definition) is 2. The predicted molar refractivity (Wildman–Crippen MR) is 138 cm³/mol. The maximum Gasteiger partial charge on any atom is 0.185 e. The van der Waals surface area contributed by atoms with Crippen molar-refractivity contribution in [3.05, 3.63) is 63.4 Å². The Morgan fingerprint density at radius 2 is 1.88 bits per heavy atom. The van der Waals surface area contributed by atoms with Gasteiger partial charge in [-0.25, -0.2) is 4.98 Å². The van der Waals surface area contributed by atoms with Gasteiger partial charge in [0.2, 0.25) is 0 Å². The average molecular weight is 498 g/mol. The first kappa shape index (κ1) is 23.7. The second-order valence-electron chi connectivity index (χ2n) is 8.53. The highest BCUT2D eigenvalue weighted by atomic mass is 35.5. The van der Waals surface area contributed by atoms with Crippen molar-refractivity contribution in [1.82, 2.24) is 14.9 Å². The zero-order chi connectivity index (χ0) is 23.8. The van der Waals surface area contributed by atoms with E-state index in [1.54, 1.807) is 12.1 Å². The number of nitriles is 1. The molecule has 0 aliphatic carbocycles. The molecule has 8 heteroatoms. The normalized spacial score (nSPS) is 20.6. The number of imidazole rings is 1. The molecule has 5 nitrogen and oxygen atoms in total. The van der Waals surface area contributed by atoms with Crippen LogP contribution < -0.4 is 0 Å². The van der Waals surface area contributed by atoms with Crippen LogP contribution in [0.1, 0.15) is 55.5 Å². The molecule has 2 unspecified atom stereocenters. The predicted octanol–water partition coefficient (Wildman–Crippen LogP) is 6.92. The molecule has 3 aromatic rings. The number of nitrogens with zero attached hydrogens (tertiary/aromatic N) is 3. The van der Waals surface area contributed by atoms with Gasteiger partial charge in [-0.2, -0.15) is 5.26 Å². The maximum absolute atomic E-state index is 10.6. The van der Waals surface area contributed by atoms with Crippen molar-refractivity contribution in [2.45, 2.75) is 50.9 Å². The van der Waals surface area contributed by atoms with Crippen molar-refractivity contribution in [2.75, 3.05) is 6.54 Å². The molecule has 2 heterocycles. The third-order valence-electron chi connectivity index (χ3n) is 6.31. The number of hydrogen-bond acceptors (Lipinski definition) is 4. The first-order valence-electron chi connectivity index (χ1n) is 11.1. The van der Waals surface area contributed by atoms with Gasteiger partial charge in [0, 0.05) is 6.54 Å². The highest BCUT2D eigenvalue weighted by Gasteiger charge is 2.59. The fourth-order valence-electron chi connectivity index (χ4n) is 4.48. The van der Waals surface area contributed by atoms with Gasteiger partial charge in [-0.05, 0) is 31.0 Å². The molecule has 2 N–H and O–H groups in total. The Hall–Kier alpha value is -2.46. The number of amidine groups is 1. The van der Waals surface area contributed by atoms with Crippen molar-refractivity contribution >= 4 is 57.3 Å². The van der Waals surface area contributed by atoms with Crippen molar-refractivity contribution < 1.29 is 0 Å². The molecule has 0 amide bonds. The number of likely N-dealkylation sites (tertiary alicyclic amines) is 1. The molecule has 2 atom stereocenters. The second kappa shape index (κ2) is 9.42. The van der Waals surface area contributed by atoms with Gasteiger partial charge in [0.1, 0.15) is 11.7 Å². The fourth-order valence-corrected chi connectivity index (χ4v) is 5.30. The number of rotatable bonds is 7. The molecule has 0 radical (unpaired) electrons. The molecule has 170 valence electrons. The summed E-state index contributed by atoms with van der Waals surface area (Å²) in [7, 11) is 0. The zero-order valence-electron chi connectivity index (χ0n) is 18.6. The van der Waals surface area contributed by atoms with E-state index in [1.807, 2.05) is 36.1 Å². The molecule has 0 saturated carbocycles. The molecule has 1 aromatic heterocycles. The topological polar surface area (TPSA) is 79.6 Å². The summed E-state index contributed by atoms with van der Waals surface area (Å²) in [6, 6.07) is 13.8. The van der Waals surface area contributed by atoms with Crippen LogP contribution in [0.4, 0.5) is 0 Å². The average Bonchev–Trinajstić information content (AvgIpc) is 3.29. The van der Waals surface area contributed by atoms with Crippen molar-refractivity contribution in [3.8, 4) is 6.07 Å². The molecule has 1 aliphatic rings. The van der Waals surface area contributed by atoms with Gasteiger partial charge in [-0.15, -0.1) is 0 Å². The maximum atomic E-state index is 10.6. The van der Waals surface area contributed by atoms with E-state index in [-0.39, 0.29) is 5.84 Å². The van der Waals surface area contributed by atoms with E-state index in [9.17, 15) is 5.26 Å². The van der Waals surface area contributed by atoms with Crippen LogP contribution >= 0.6 is 35.4 Å². The minimum absolute atomic E-state index is 0.160. The number of unbranched alkanes of at least 4 members (excludes halogenated alkanes) is 3. The molecule has 0 bridgehead atoms. The van der Waals surface area contributed by atoms with Crippen molar-refractivity contribution in [1.29, 1.82) is 10.7 Å². The summed E-state index contributed by atoms with van der Waals surface area (Å²) in [5, 5.41) is 20.5. The monoisotopic (exact) mass is 497 g/mol. The highest BCUT2D eigenvalue weighted by molar-refractivity contribution is 7.80. The number of nitrogens with one attached hydrogen (secondary N) is 2. The summed E-state index contributed by atoms with van der Waals surface area (Å²) in [5.74, 6) is 0.0314. The largest absolute Gasteiger partial charge is 0.340 e. The van der Waals surface area contributed by atoms with Crippen molar-refractivity contribution in [2.24, 2.45) is 0 Å². The standard InChI is InChI=1S/C25H25Cl2N5S/c1-3-4-5-6-11-32-22(33)21(16-9-7-15(2)8-10-16)25(14-28,23(32)29)24-30-19-12-17(26)18(27)13-20(19)31-24/h7-10,12-13,21,29H,3-6,11H2,1-2H3,(H,30,31). The van der Waals surface area contributed by atoms with Crippen molar-refractivity contribution in [3.63, 3.8) is 0 Å². The molecular weight excluding hydrogens is 473 g/mol. The molecule has 4 rings (SSSR count). The Morgan fingerprint density at radius 3 is 2.55 bits per heavy atom. The van der Waals surface area contributed by atoms with Crippen LogP contribution in [0, 0.1) is 23.7 Å². The molecule has 33 heavy (non-hydrogen) atoms. The van der Waals surface area contributed by atoms with E-state index in [4.69, 9.17) is 45.8 Å². The van der Waals surface area contributed by atoms with Crippen LogP contribution in [0.3, 0.4) is 0 Å². The lowest BCUT2D eigenvalue weighted by Crippen LogP contribution is -2.39. The summed E-state index contributed by atoms with van der Waals surface area (Å²) in [4.78, 5) is 10.4. The van der Waals surface area contributed by atoms with Gasteiger partial charge in [0.05, 0.1) is 38.1 Å². The van der Waals surface area contributed by atoms with Crippen LogP contribution in [0.25, 0.3) is 11.0 Å². The number of H-pyrrole nitrogens is 1. The van der Waals surface area contributed by atoms with E-state index < -0.39 is 11.3 Å². The second-order valence-corrected chi connectivity index (χ2v) is 9.76. The summed E-state index contributed by atoms with van der Waals surface area (Å²) in [6.45, 7) is 4.79. The Bertz CT molecular complexity index is 1220. The molecule has 1 fully saturated rings. The van der Waals surface area contributed by atoms with E-state index in [1.165, 1.54) is 0 Å². The number of thiocarbonyl (C=S) groups is 1. The highest BCUT2D eigenvalue weighted by Crippen LogP contribution is 2.47. The van der Waals surface area contributed by atoms with E-state index in [0.717, 1.165) is 36.8 Å². The Labute approximate surface area is 209 Å². The van der Waals surface area contributed by atoms with Crippen LogP contribution in [-0.2, 0) is 5.41 Å². The van der Waals surface area contributed by atoms with Crippen LogP contribution in [0.5, 0.6) is 0 Å². The van der Waals surface area contributed by atoms with Gasteiger partial charge in [0.15, 0.2) is 5.41 Å². The minimum Gasteiger partial charge on any atom is -0.340 e. The molecule has 2 aromatic carbocycles. The lowest BCUT2D eigenvalue weighted by atomic mass is 9.74. The number of aromatic amines is 1. The quantitative estimate of drug-likeness (QED) is 0.274. The Morgan fingerprint density at radius 1 is 1.18 bits per heavy atom. The third kappa shape index (κ3) is 4.03. The smallest absolute Gasteiger partial charge is 0.185 e. The summed E-state index contributed by atoms with van der Waals surface area (Å²) in [5.41, 5.74) is 1.89. The molecule has 1 aliphatic heterocycles. The molecular formula is C25H25Cl2N5S. The summed E-state index contributed by atoms with van der Waals surface area (Å²) in [6.07, 6.45) is 4.22. The van der Waals surface area contributed by atoms with E-state index >= 15 is 0 Å². The first-order chi connectivity index (χ1) is 15.8. The van der Waals surface area contributed by atoms with Crippen LogP contribution in [0.15, 0.2) is 36.4 Å². The SMILES string of the molecule is CCCCCCN1C(=N)C(C#N)(c2nc3cc(Cl)c(Cl)cc3[nH]2)C(c2ccc(C)cc2)C1=S. The Kier molecular flexibility index (Phi) is 6.76. The number of fused-ring (bicyclic) bond motifs is 1. The van der Waals surface area contributed by atoms with Gasteiger partial charge in [0.25, 0.3) is 0 Å². The van der Waals surface area contributed by atoms with Crippen LogP contribution in [-0.4, -0.2) is 32.2 Å². The minimum atomic E-state index is -1.38. The van der Waals surface area contributed by atoms with Gasteiger partial charge >= 0.3 is 0 Å². The van der Waals surface area contributed by atoms with E-state index in [2.05, 4.69) is 18.0 Å². The lowest BCUT2D eigenvalue weighted by molar-refractivity contribution is 0.542. The van der Waals surface area contributed by atoms with Gasteiger partial charge in [-0.1, -0.05) is 91.4 Å². The van der Waals surface area contributed by atoms with Gasteiger partial charge < -0.3 is 9.88 Å². The zero-order valence-corrected chi connectivity index (χ0v) is 20.9. The third-order valence-corrected chi connectivity index (χ3v) is 7.49. The fraction of sp³-hybridized carbons (Fsp3) is 0.360. The molecule has 1 saturated heterocycles. The summed E-state index contributed by atoms with van der Waals surface area (Å²) >= 11 is 18.3. The molecule has 0 spiro atoms. The Balaban J connectivity index is 1.86. The first-order valence-corrected chi connectivity index (χ1v) is 12.2. The van der Waals surface area contributed by atoms with Gasteiger partial charge in [-0.3, -0.25) is 5.41 Å². The van der Waals surface area contributed by atoms with Crippen LogP contribution in [0.2, 0.25) is 10.0 Å². The number of aromatic nitrogens is 2. The number of benzene rings is 2.